The Labute approximate surface area is 193 Å². The van der Waals surface area contributed by atoms with Gasteiger partial charge in [0, 0.05) is 10.7 Å². The third-order valence-electron chi connectivity index (χ3n) is 6.16. The molecule has 4 nitrogen and oxygen atoms in total. The van der Waals surface area contributed by atoms with Crippen molar-refractivity contribution in [3.8, 4) is 0 Å². The minimum absolute atomic E-state index is 0.252. The Hall–Kier alpha value is -3.37. The van der Waals surface area contributed by atoms with Gasteiger partial charge in [-0.05, 0) is 92.3 Å². The lowest BCUT2D eigenvalue weighted by Crippen LogP contribution is -2.32. The number of aryl methyl sites for hydroxylation is 4. The van der Waals surface area contributed by atoms with Gasteiger partial charge in [0.1, 0.15) is 5.70 Å². The van der Waals surface area contributed by atoms with Crippen LogP contribution < -0.4 is 10.2 Å². The highest BCUT2D eigenvalue weighted by Gasteiger charge is 2.40. The minimum Gasteiger partial charge on any atom is -0.350 e. The highest BCUT2D eigenvalue weighted by atomic mass is 35.5. The molecule has 0 aliphatic carbocycles. The lowest BCUT2D eigenvalue weighted by Gasteiger charge is -2.17. The number of nitrogens with zero attached hydrogens (tertiary/aromatic N) is 1. The molecule has 0 aromatic heterocycles. The molecule has 1 N–H and O–H groups in total. The molecule has 5 heteroatoms. The van der Waals surface area contributed by atoms with Crippen molar-refractivity contribution in [1.29, 1.82) is 0 Å². The molecular weight excluding hydrogens is 420 g/mol. The Morgan fingerprint density at radius 2 is 1.41 bits per heavy atom. The largest absolute Gasteiger partial charge is 0.350 e. The van der Waals surface area contributed by atoms with E-state index in [1.54, 1.807) is 6.07 Å². The van der Waals surface area contributed by atoms with Crippen molar-refractivity contribution in [1.82, 2.24) is 0 Å². The molecule has 1 heterocycles. The maximum absolute atomic E-state index is 13.6. The van der Waals surface area contributed by atoms with Gasteiger partial charge in [0.05, 0.1) is 11.3 Å². The van der Waals surface area contributed by atoms with Crippen LogP contribution in [-0.4, -0.2) is 11.8 Å². The van der Waals surface area contributed by atoms with Crippen molar-refractivity contribution in [2.75, 3.05) is 10.2 Å². The van der Waals surface area contributed by atoms with Crippen LogP contribution in [0.5, 0.6) is 0 Å². The zero-order valence-electron chi connectivity index (χ0n) is 18.8. The number of carbonyl (C=O) groups is 2. The van der Waals surface area contributed by atoms with Gasteiger partial charge in [-0.15, -0.1) is 0 Å². The summed E-state index contributed by atoms with van der Waals surface area (Å²) in [7, 11) is 0. The zero-order valence-corrected chi connectivity index (χ0v) is 19.6. The lowest BCUT2D eigenvalue weighted by atomic mass is 9.99. The second-order valence-corrected chi connectivity index (χ2v) is 8.71. The summed E-state index contributed by atoms with van der Waals surface area (Å²) < 4.78 is 0. The molecule has 162 valence electrons. The van der Waals surface area contributed by atoms with E-state index in [4.69, 9.17) is 11.6 Å². The Morgan fingerprint density at radius 1 is 0.750 bits per heavy atom. The maximum Gasteiger partial charge on any atom is 0.282 e. The maximum atomic E-state index is 13.6. The molecule has 0 fully saturated rings. The SMILES string of the molecule is Cc1ccc(C2=C(Nc3cccc(Cl)c3C)C(=O)N(c3ccc(C)c(C)c3)C2=O)cc1C. The predicted molar refractivity (Wildman–Crippen MR) is 131 cm³/mol. The molecule has 0 saturated carbocycles. The van der Waals surface area contributed by atoms with Gasteiger partial charge in [0.15, 0.2) is 0 Å². The van der Waals surface area contributed by atoms with E-state index in [9.17, 15) is 9.59 Å². The van der Waals surface area contributed by atoms with Crippen molar-refractivity contribution < 1.29 is 9.59 Å². The summed E-state index contributed by atoms with van der Waals surface area (Å²) in [4.78, 5) is 28.5. The third-order valence-corrected chi connectivity index (χ3v) is 6.57. The summed E-state index contributed by atoms with van der Waals surface area (Å²) in [5.41, 5.74) is 7.67. The molecule has 0 atom stereocenters. The van der Waals surface area contributed by atoms with Crippen LogP contribution in [0.15, 0.2) is 60.3 Å². The van der Waals surface area contributed by atoms with Crippen LogP contribution in [0.1, 0.15) is 33.4 Å². The van der Waals surface area contributed by atoms with Crippen LogP contribution in [0.4, 0.5) is 11.4 Å². The fourth-order valence-electron chi connectivity index (χ4n) is 3.79. The van der Waals surface area contributed by atoms with Crippen LogP contribution >= 0.6 is 11.6 Å². The number of nitrogens with one attached hydrogen (secondary N) is 1. The number of hydrogen-bond donors (Lipinski definition) is 1. The molecular formula is C27H25ClN2O2. The van der Waals surface area contributed by atoms with E-state index in [2.05, 4.69) is 5.32 Å². The summed E-state index contributed by atoms with van der Waals surface area (Å²) in [6.45, 7) is 9.86. The summed E-state index contributed by atoms with van der Waals surface area (Å²) in [6, 6.07) is 16.9. The van der Waals surface area contributed by atoms with Gasteiger partial charge in [-0.2, -0.15) is 0 Å². The summed E-state index contributed by atoms with van der Waals surface area (Å²) in [6.07, 6.45) is 0. The standard InChI is InChI=1S/C27H25ClN2O2/c1-15-9-11-20(13-17(15)3)24-25(29-23-8-6-7-22(28)19(23)5)27(32)30(26(24)31)21-12-10-16(2)18(4)14-21/h6-14,29H,1-5H3. The quantitative estimate of drug-likeness (QED) is 0.482. The first kappa shape index (κ1) is 21.8. The molecule has 1 aliphatic rings. The number of halogens is 1. The molecule has 1 aliphatic heterocycles. The molecule has 3 aromatic rings. The molecule has 2 amide bonds. The molecule has 3 aromatic carbocycles. The van der Waals surface area contributed by atoms with Crippen LogP contribution in [0.2, 0.25) is 5.02 Å². The molecule has 4 rings (SSSR count). The number of hydrogen-bond acceptors (Lipinski definition) is 3. The lowest BCUT2D eigenvalue weighted by molar-refractivity contribution is -0.120. The molecule has 0 radical (unpaired) electrons. The van der Waals surface area contributed by atoms with E-state index in [-0.39, 0.29) is 17.5 Å². The first-order valence-corrected chi connectivity index (χ1v) is 10.9. The average molecular weight is 445 g/mol. The first-order chi connectivity index (χ1) is 15.2. The fraction of sp³-hybridized carbons (Fsp3) is 0.185. The van der Waals surface area contributed by atoms with Crippen molar-refractivity contribution in [2.45, 2.75) is 34.6 Å². The molecule has 0 spiro atoms. The van der Waals surface area contributed by atoms with E-state index in [0.717, 1.165) is 27.8 Å². The van der Waals surface area contributed by atoms with Crippen LogP contribution in [0.25, 0.3) is 5.57 Å². The van der Waals surface area contributed by atoms with Crippen molar-refractivity contribution in [2.24, 2.45) is 0 Å². The van der Waals surface area contributed by atoms with Gasteiger partial charge in [0.2, 0.25) is 0 Å². The molecule has 32 heavy (non-hydrogen) atoms. The van der Waals surface area contributed by atoms with Gasteiger partial charge >= 0.3 is 0 Å². The highest BCUT2D eigenvalue weighted by Crippen LogP contribution is 2.36. The van der Waals surface area contributed by atoms with Crippen LogP contribution in [0.3, 0.4) is 0 Å². The van der Waals surface area contributed by atoms with E-state index in [0.29, 0.717) is 27.5 Å². The zero-order chi connectivity index (χ0) is 23.2. The van der Waals surface area contributed by atoms with E-state index >= 15 is 0 Å². The number of amides is 2. The van der Waals surface area contributed by atoms with Crippen LogP contribution in [0, 0.1) is 34.6 Å². The Morgan fingerprint density at radius 3 is 2.06 bits per heavy atom. The topological polar surface area (TPSA) is 49.4 Å². The summed E-state index contributed by atoms with van der Waals surface area (Å²) >= 11 is 6.29. The van der Waals surface area contributed by atoms with E-state index in [1.807, 2.05) is 83.1 Å². The normalized spacial score (nSPS) is 13.9. The molecule has 0 unspecified atom stereocenters. The van der Waals surface area contributed by atoms with Crippen molar-refractivity contribution in [3.63, 3.8) is 0 Å². The Bertz CT molecular complexity index is 1310. The number of rotatable bonds is 4. The summed E-state index contributed by atoms with van der Waals surface area (Å²) in [5, 5.41) is 3.81. The van der Waals surface area contributed by atoms with E-state index < -0.39 is 0 Å². The second kappa shape index (κ2) is 8.29. The van der Waals surface area contributed by atoms with E-state index in [1.165, 1.54) is 4.90 Å². The molecule has 0 bridgehead atoms. The fourth-order valence-corrected chi connectivity index (χ4v) is 3.96. The molecule has 0 saturated heterocycles. The Balaban J connectivity index is 1.88. The Kier molecular flexibility index (Phi) is 5.66. The minimum atomic E-state index is -0.383. The average Bonchev–Trinajstić information content (AvgIpc) is 2.99. The summed E-state index contributed by atoms with van der Waals surface area (Å²) in [5.74, 6) is -0.727. The van der Waals surface area contributed by atoms with Crippen LogP contribution in [-0.2, 0) is 9.59 Å². The van der Waals surface area contributed by atoms with Crippen molar-refractivity contribution in [3.05, 3.63) is 98.7 Å². The predicted octanol–water partition coefficient (Wildman–Crippen LogP) is 6.28. The number of anilines is 2. The van der Waals surface area contributed by atoms with Gasteiger partial charge < -0.3 is 5.32 Å². The van der Waals surface area contributed by atoms with Gasteiger partial charge in [0.25, 0.3) is 11.8 Å². The van der Waals surface area contributed by atoms with Gasteiger partial charge in [-0.25, -0.2) is 4.90 Å². The highest BCUT2D eigenvalue weighted by molar-refractivity contribution is 6.46. The second-order valence-electron chi connectivity index (χ2n) is 8.30. The van der Waals surface area contributed by atoms with Gasteiger partial charge in [-0.3, -0.25) is 9.59 Å². The van der Waals surface area contributed by atoms with Crippen molar-refractivity contribution >= 4 is 40.4 Å². The number of imide groups is 1. The number of carbonyl (C=O) groups excluding carboxylic acids is 2. The number of benzene rings is 3. The smallest absolute Gasteiger partial charge is 0.282 e. The first-order valence-electron chi connectivity index (χ1n) is 10.5. The monoisotopic (exact) mass is 444 g/mol. The van der Waals surface area contributed by atoms with Gasteiger partial charge in [-0.1, -0.05) is 41.9 Å². The third kappa shape index (κ3) is 3.71.